The summed E-state index contributed by atoms with van der Waals surface area (Å²) >= 11 is 0. The molecule has 0 aliphatic carbocycles. The smallest absolute Gasteiger partial charge is 0.197 e. The monoisotopic (exact) mass is 548 g/mol. The molecule has 2 saturated heterocycles. The lowest BCUT2D eigenvalue weighted by Gasteiger charge is -2.41. The number of aliphatic hydroxyl groups excluding tert-OH is 7. The number of fused-ring (bicyclic) bond motifs is 1. The van der Waals surface area contributed by atoms with Gasteiger partial charge in [-0.05, 0) is 0 Å². The van der Waals surface area contributed by atoms with Crippen LogP contribution in [0.2, 0.25) is 0 Å². The van der Waals surface area contributed by atoms with E-state index < -0.39 is 107 Å². The third-order valence-corrected chi connectivity index (χ3v) is 7.21. The Labute approximate surface area is 220 Å². The Hall–Kier alpha value is -3.11. The molecule has 2 fully saturated rings. The minimum absolute atomic E-state index is 0.0274. The van der Waals surface area contributed by atoms with Crippen molar-refractivity contribution in [1.29, 1.82) is 0 Å². The van der Waals surface area contributed by atoms with E-state index in [9.17, 15) is 50.8 Å². The van der Waals surface area contributed by atoms with Crippen molar-refractivity contribution < 1.29 is 59.8 Å². The van der Waals surface area contributed by atoms with E-state index in [1.807, 2.05) is 0 Å². The Morgan fingerprint density at radius 3 is 2.13 bits per heavy atom. The maximum Gasteiger partial charge on any atom is 0.197 e. The molecule has 3 aromatic rings. The fraction of sp³-hybridized carbons (Fsp3) is 0.423. The van der Waals surface area contributed by atoms with Crippen molar-refractivity contribution in [2.45, 2.75) is 54.9 Å². The average Bonchev–Trinajstić information content (AvgIpc) is 2.93. The van der Waals surface area contributed by atoms with Gasteiger partial charge in [-0.25, -0.2) is 0 Å². The molecule has 0 bridgehead atoms. The number of hydrogen-bond acceptors (Lipinski definition) is 13. The largest absolute Gasteiger partial charge is 0.507 e. The zero-order chi connectivity index (χ0) is 28.2. The molecule has 13 nitrogen and oxygen atoms in total. The zero-order valence-electron chi connectivity index (χ0n) is 20.2. The third-order valence-electron chi connectivity index (χ3n) is 7.21. The maximum atomic E-state index is 13.4. The fourth-order valence-electron chi connectivity index (χ4n) is 5.09. The number of benzene rings is 2. The summed E-state index contributed by atoms with van der Waals surface area (Å²) in [4.78, 5) is 13.4. The minimum atomic E-state index is -1.95. The third kappa shape index (κ3) is 4.47. The van der Waals surface area contributed by atoms with E-state index in [1.54, 1.807) is 30.3 Å². The van der Waals surface area contributed by atoms with Crippen LogP contribution in [0.1, 0.15) is 23.3 Å². The summed E-state index contributed by atoms with van der Waals surface area (Å²) in [5, 5.41) is 94.0. The molecule has 2 aromatic carbocycles. The van der Waals surface area contributed by atoms with Crippen LogP contribution >= 0.6 is 0 Å². The number of aliphatic hydroxyl groups is 7. The Morgan fingerprint density at radius 2 is 1.46 bits per heavy atom. The molecule has 5 rings (SSSR count). The van der Waals surface area contributed by atoms with Crippen molar-refractivity contribution in [1.82, 2.24) is 0 Å². The van der Waals surface area contributed by atoms with Gasteiger partial charge >= 0.3 is 0 Å². The molecule has 3 heterocycles. The molecule has 210 valence electrons. The van der Waals surface area contributed by atoms with Gasteiger partial charge in [0.15, 0.2) is 11.0 Å². The van der Waals surface area contributed by atoms with E-state index in [2.05, 4.69) is 0 Å². The van der Waals surface area contributed by atoms with Crippen molar-refractivity contribution in [2.75, 3.05) is 13.2 Å². The lowest BCUT2D eigenvalue weighted by Crippen LogP contribution is -2.55. The molecule has 0 spiro atoms. The first-order chi connectivity index (χ1) is 18.6. The van der Waals surface area contributed by atoms with Crippen LogP contribution in [0.15, 0.2) is 45.6 Å². The summed E-state index contributed by atoms with van der Waals surface area (Å²) in [5.41, 5.74) is -1.79. The van der Waals surface area contributed by atoms with E-state index in [0.717, 1.165) is 6.07 Å². The summed E-state index contributed by atoms with van der Waals surface area (Å²) in [6.45, 7) is -1.29. The maximum absolute atomic E-state index is 13.4. The van der Waals surface area contributed by atoms with E-state index in [1.165, 1.54) is 0 Å². The van der Waals surface area contributed by atoms with Gasteiger partial charge in [0.05, 0.1) is 24.3 Å². The second kappa shape index (κ2) is 10.5. The highest BCUT2D eigenvalue weighted by Crippen LogP contribution is 2.50. The van der Waals surface area contributed by atoms with Crippen LogP contribution in [0.25, 0.3) is 22.3 Å². The molecule has 9 N–H and O–H groups in total. The highest BCUT2D eigenvalue weighted by molar-refractivity contribution is 5.91. The summed E-state index contributed by atoms with van der Waals surface area (Å²) in [5.74, 6) is -1.75. The van der Waals surface area contributed by atoms with Crippen LogP contribution in [0.5, 0.6) is 11.5 Å². The number of aromatic hydroxyl groups is 2. The first kappa shape index (κ1) is 27.5. The molecule has 0 radical (unpaired) electrons. The normalized spacial score (nSPS) is 33.4. The predicted molar refractivity (Wildman–Crippen MR) is 131 cm³/mol. The lowest BCUT2D eigenvalue weighted by atomic mass is 9.85. The summed E-state index contributed by atoms with van der Waals surface area (Å²) < 4.78 is 17.0. The van der Waals surface area contributed by atoms with E-state index >= 15 is 0 Å². The number of rotatable bonds is 4. The van der Waals surface area contributed by atoms with E-state index in [-0.39, 0.29) is 5.76 Å². The quantitative estimate of drug-likeness (QED) is 0.182. The van der Waals surface area contributed by atoms with Crippen LogP contribution in [-0.4, -0.2) is 102 Å². The van der Waals surface area contributed by atoms with Gasteiger partial charge in [-0.15, -0.1) is 0 Å². The van der Waals surface area contributed by atoms with Crippen LogP contribution < -0.4 is 5.43 Å². The van der Waals surface area contributed by atoms with Gasteiger partial charge in [-0.2, -0.15) is 0 Å². The first-order valence-electron chi connectivity index (χ1n) is 12.1. The molecule has 13 heteroatoms. The Balaban J connectivity index is 1.80. The average molecular weight is 548 g/mol. The van der Waals surface area contributed by atoms with Gasteiger partial charge in [-0.3, -0.25) is 4.79 Å². The first-order valence-corrected chi connectivity index (χ1v) is 12.1. The molecule has 0 saturated carbocycles. The van der Waals surface area contributed by atoms with Crippen molar-refractivity contribution >= 4 is 11.0 Å². The molecule has 0 amide bonds. The summed E-state index contributed by atoms with van der Waals surface area (Å²) in [7, 11) is 0. The van der Waals surface area contributed by atoms with Gasteiger partial charge < -0.3 is 59.8 Å². The van der Waals surface area contributed by atoms with Crippen molar-refractivity contribution in [3.63, 3.8) is 0 Å². The molecule has 2 aliphatic heterocycles. The predicted octanol–water partition coefficient (Wildman–Crippen LogP) is -1.46. The minimum Gasteiger partial charge on any atom is -0.507 e. The zero-order valence-corrected chi connectivity index (χ0v) is 20.2. The van der Waals surface area contributed by atoms with Crippen molar-refractivity contribution in [2.24, 2.45) is 0 Å². The van der Waals surface area contributed by atoms with E-state index in [0.29, 0.717) is 5.56 Å². The number of hydrogen-bond donors (Lipinski definition) is 9. The van der Waals surface area contributed by atoms with Crippen molar-refractivity contribution in [3.05, 3.63) is 57.7 Å². The van der Waals surface area contributed by atoms with Crippen molar-refractivity contribution in [3.8, 4) is 22.8 Å². The lowest BCUT2D eigenvalue weighted by molar-refractivity contribution is -0.232. The molecule has 0 unspecified atom stereocenters. The highest BCUT2D eigenvalue weighted by atomic mass is 16.5. The number of ether oxygens (including phenoxy) is 2. The van der Waals surface area contributed by atoms with Crippen LogP contribution in [0.3, 0.4) is 0 Å². The van der Waals surface area contributed by atoms with Gasteiger partial charge in [0, 0.05) is 11.6 Å². The summed E-state index contributed by atoms with van der Waals surface area (Å²) in [6, 6.07) is 9.45. The molecule has 39 heavy (non-hydrogen) atoms. The SMILES string of the molecule is O=c1cc(-c2ccccc2)oc2c([C@@H]3OC[C@H](O)[C@H](O)[C@@H]3O)c(O)c([C@@H]3O[C@H](CO)[C@H](O)[C@@H](O)[C@@H]3O)c(O)c12. The number of phenolic OH excluding ortho intramolecular Hbond substituents is 2. The molecular weight excluding hydrogens is 520 g/mol. The van der Waals surface area contributed by atoms with Gasteiger partial charge in [0.1, 0.15) is 77.6 Å². The second-order valence-corrected chi connectivity index (χ2v) is 9.62. The van der Waals surface area contributed by atoms with E-state index in [4.69, 9.17) is 13.9 Å². The molecular formula is C26H28O13. The van der Waals surface area contributed by atoms with Gasteiger partial charge in [0.2, 0.25) is 0 Å². The van der Waals surface area contributed by atoms with Crippen LogP contribution in [0, 0.1) is 0 Å². The summed E-state index contributed by atoms with van der Waals surface area (Å²) in [6.07, 6.45) is -15.4. The standard InChI is InChI=1S/C26H28O13/c27-7-13-18(31)21(34)23(36)26(39-13)15-19(32)14-10(28)6-12(9-4-2-1-3-5-9)38-24(14)16(20(15)33)25-22(35)17(30)11(29)8-37-25/h1-6,11,13,17-18,21-23,25-27,29-36H,7-8H2/t11-,13+,17-,18-,21+,22-,23-,25-,26-/m0/s1. The molecule has 1 aromatic heterocycles. The van der Waals surface area contributed by atoms with Crippen LogP contribution in [-0.2, 0) is 9.47 Å². The van der Waals surface area contributed by atoms with Crippen LogP contribution in [0.4, 0.5) is 0 Å². The number of phenols is 2. The van der Waals surface area contributed by atoms with Gasteiger partial charge in [0.25, 0.3) is 0 Å². The Bertz CT molecular complexity index is 1400. The molecule has 9 atom stereocenters. The Morgan fingerprint density at radius 1 is 0.795 bits per heavy atom. The fourth-order valence-corrected chi connectivity index (χ4v) is 5.09. The highest BCUT2D eigenvalue weighted by Gasteiger charge is 2.48. The topological polar surface area (TPSA) is 231 Å². The Kier molecular flexibility index (Phi) is 7.37. The van der Waals surface area contributed by atoms with Gasteiger partial charge in [-0.1, -0.05) is 30.3 Å². The second-order valence-electron chi connectivity index (χ2n) is 9.62. The molecule has 2 aliphatic rings.